The van der Waals surface area contributed by atoms with E-state index in [0.29, 0.717) is 24.2 Å². The minimum absolute atomic E-state index is 0.0347. The molecule has 10 heteroatoms. The number of aromatic nitrogens is 2. The van der Waals surface area contributed by atoms with Crippen LogP contribution in [-0.2, 0) is 4.79 Å². The summed E-state index contributed by atoms with van der Waals surface area (Å²) in [6.45, 7) is 2.89. The van der Waals surface area contributed by atoms with Crippen molar-refractivity contribution in [3.05, 3.63) is 64.2 Å². The Morgan fingerprint density at radius 2 is 1.97 bits per heavy atom. The Labute approximate surface area is 171 Å². The van der Waals surface area contributed by atoms with Gasteiger partial charge < -0.3 is 15.1 Å². The Hall–Kier alpha value is -3.40. The molecule has 0 saturated carbocycles. The number of amides is 1. The summed E-state index contributed by atoms with van der Waals surface area (Å²) >= 11 is 1.17. The number of nitrogens with zero attached hydrogens (tertiary/aromatic N) is 3. The van der Waals surface area contributed by atoms with Gasteiger partial charge in [0.1, 0.15) is 0 Å². The molecule has 3 rings (SSSR count). The van der Waals surface area contributed by atoms with E-state index in [1.165, 1.54) is 23.9 Å². The first-order valence-electron chi connectivity index (χ1n) is 8.79. The number of aryl methyl sites for hydroxylation is 1. The van der Waals surface area contributed by atoms with Gasteiger partial charge in [-0.15, -0.1) is 10.2 Å². The van der Waals surface area contributed by atoms with Crippen molar-refractivity contribution < 1.29 is 14.1 Å². The molecule has 0 fully saturated rings. The first kappa shape index (κ1) is 20.3. The Morgan fingerprint density at radius 1 is 1.17 bits per heavy atom. The van der Waals surface area contributed by atoms with Crippen molar-refractivity contribution in [1.82, 2.24) is 15.5 Å². The third-order valence-corrected chi connectivity index (χ3v) is 4.67. The van der Waals surface area contributed by atoms with E-state index >= 15 is 0 Å². The molecule has 29 heavy (non-hydrogen) atoms. The third-order valence-electron chi connectivity index (χ3n) is 3.85. The van der Waals surface area contributed by atoms with Crippen molar-refractivity contribution >= 4 is 29.0 Å². The fourth-order valence-electron chi connectivity index (χ4n) is 2.45. The van der Waals surface area contributed by atoms with Gasteiger partial charge in [0.15, 0.2) is 0 Å². The number of carbonyl (C=O) groups excluding carboxylic acids is 1. The minimum Gasteiger partial charge on any atom is -0.411 e. The van der Waals surface area contributed by atoms with Crippen LogP contribution in [-0.4, -0.2) is 39.9 Å². The lowest BCUT2D eigenvalue weighted by Crippen LogP contribution is -2.30. The molecule has 0 radical (unpaired) electrons. The van der Waals surface area contributed by atoms with Crippen molar-refractivity contribution in [3.63, 3.8) is 0 Å². The number of hydrogen-bond acceptors (Lipinski definition) is 8. The maximum Gasteiger partial charge on any atom is 0.277 e. The van der Waals surface area contributed by atoms with E-state index in [0.717, 1.165) is 16.8 Å². The van der Waals surface area contributed by atoms with E-state index in [4.69, 9.17) is 4.42 Å². The number of anilines is 1. The first-order valence-corrected chi connectivity index (χ1v) is 9.78. The molecular weight excluding hydrogens is 394 g/mol. The lowest BCUT2D eigenvalue weighted by Gasteiger charge is -2.07. The molecule has 0 atom stereocenters. The second-order valence-electron chi connectivity index (χ2n) is 6.11. The summed E-state index contributed by atoms with van der Waals surface area (Å²) in [5.41, 5.74) is 2.71. The van der Waals surface area contributed by atoms with Crippen LogP contribution < -0.4 is 10.6 Å². The minimum atomic E-state index is -0.449. The standard InChI is InChI=1S/C19H19N5O4S/c1-13-3-2-4-14(11-13)18-22-23-19(28-18)29-12-17(25)21-10-9-20-15-5-7-16(8-6-15)24(26)27/h2-8,11,20H,9-10,12H2,1H3,(H,21,25). The highest BCUT2D eigenvalue weighted by Crippen LogP contribution is 2.23. The Balaban J connectivity index is 1.37. The molecule has 0 saturated heterocycles. The second kappa shape index (κ2) is 9.69. The molecule has 0 aliphatic heterocycles. The predicted octanol–water partition coefficient (Wildman–Crippen LogP) is 3.27. The summed E-state index contributed by atoms with van der Waals surface area (Å²) in [5, 5.41) is 24.8. The maximum atomic E-state index is 11.9. The van der Waals surface area contributed by atoms with E-state index in [1.807, 2.05) is 31.2 Å². The maximum absolute atomic E-state index is 11.9. The molecule has 0 aliphatic carbocycles. The predicted molar refractivity (Wildman–Crippen MR) is 110 cm³/mol. The van der Waals surface area contributed by atoms with Crippen molar-refractivity contribution in [2.75, 3.05) is 24.2 Å². The van der Waals surface area contributed by atoms with Gasteiger partial charge in [-0.25, -0.2) is 0 Å². The highest BCUT2D eigenvalue weighted by atomic mass is 32.2. The molecular formula is C19H19N5O4S. The Bertz CT molecular complexity index is 990. The van der Waals surface area contributed by atoms with Gasteiger partial charge in [-0.3, -0.25) is 14.9 Å². The molecule has 0 aliphatic rings. The Kier molecular flexibility index (Phi) is 6.80. The van der Waals surface area contributed by atoms with Gasteiger partial charge in [-0.1, -0.05) is 29.5 Å². The van der Waals surface area contributed by atoms with E-state index in [-0.39, 0.29) is 17.3 Å². The molecule has 1 amide bonds. The van der Waals surface area contributed by atoms with Crippen LogP contribution in [0.1, 0.15) is 5.56 Å². The van der Waals surface area contributed by atoms with Crippen molar-refractivity contribution in [2.24, 2.45) is 0 Å². The highest BCUT2D eigenvalue weighted by molar-refractivity contribution is 7.99. The molecule has 1 heterocycles. The number of nitrogens with one attached hydrogen (secondary N) is 2. The fraction of sp³-hybridized carbons (Fsp3) is 0.211. The lowest BCUT2D eigenvalue weighted by molar-refractivity contribution is -0.384. The number of hydrogen-bond donors (Lipinski definition) is 2. The van der Waals surface area contributed by atoms with E-state index < -0.39 is 4.92 Å². The fourth-order valence-corrected chi connectivity index (χ4v) is 3.04. The third kappa shape index (κ3) is 6.04. The molecule has 0 unspecified atom stereocenters. The molecule has 1 aromatic heterocycles. The largest absolute Gasteiger partial charge is 0.411 e. The van der Waals surface area contributed by atoms with Crippen LogP contribution in [0.25, 0.3) is 11.5 Å². The summed E-state index contributed by atoms with van der Waals surface area (Å²) in [6, 6.07) is 13.8. The van der Waals surface area contributed by atoms with Gasteiger partial charge in [0, 0.05) is 36.5 Å². The normalized spacial score (nSPS) is 10.5. The summed E-state index contributed by atoms with van der Waals surface area (Å²) in [7, 11) is 0. The van der Waals surface area contributed by atoms with Crippen LogP contribution in [0.3, 0.4) is 0 Å². The molecule has 9 nitrogen and oxygen atoms in total. The van der Waals surface area contributed by atoms with Crippen molar-refractivity contribution in [1.29, 1.82) is 0 Å². The topological polar surface area (TPSA) is 123 Å². The van der Waals surface area contributed by atoms with E-state index in [1.54, 1.807) is 12.1 Å². The number of nitro benzene ring substituents is 1. The lowest BCUT2D eigenvalue weighted by atomic mass is 10.1. The number of rotatable bonds is 9. The van der Waals surface area contributed by atoms with Crippen LogP contribution in [0.4, 0.5) is 11.4 Å². The van der Waals surface area contributed by atoms with Crippen LogP contribution in [0.15, 0.2) is 58.2 Å². The van der Waals surface area contributed by atoms with Gasteiger partial charge >= 0.3 is 0 Å². The number of non-ortho nitro benzene ring substituents is 1. The zero-order valence-corrected chi connectivity index (χ0v) is 16.4. The highest BCUT2D eigenvalue weighted by Gasteiger charge is 2.11. The molecule has 2 aromatic carbocycles. The monoisotopic (exact) mass is 413 g/mol. The molecule has 0 spiro atoms. The zero-order chi connectivity index (χ0) is 20.6. The van der Waals surface area contributed by atoms with Gasteiger partial charge in [0.2, 0.25) is 11.8 Å². The Morgan fingerprint density at radius 3 is 2.69 bits per heavy atom. The summed E-state index contributed by atoms with van der Waals surface area (Å²) in [4.78, 5) is 22.1. The van der Waals surface area contributed by atoms with Crippen molar-refractivity contribution in [3.8, 4) is 11.5 Å². The van der Waals surface area contributed by atoms with Crippen LogP contribution in [0, 0.1) is 17.0 Å². The first-order chi connectivity index (χ1) is 14.0. The van der Waals surface area contributed by atoms with Gasteiger partial charge in [0.25, 0.3) is 10.9 Å². The number of nitro groups is 1. The molecule has 150 valence electrons. The molecule has 2 N–H and O–H groups in total. The van der Waals surface area contributed by atoms with Gasteiger partial charge in [-0.2, -0.15) is 0 Å². The van der Waals surface area contributed by atoms with Crippen molar-refractivity contribution in [2.45, 2.75) is 12.1 Å². The van der Waals surface area contributed by atoms with Crippen LogP contribution >= 0.6 is 11.8 Å². The average molecular weight is 413 g/mol. The molecule has 0 bridgehead atoms. The smallest absolute Gasteiger partial charge is 0.277 e. The van der Waals surface area contributed by atoms with E-state index in [9.17, 15) is 14.9 Å². The SMILES string of the molecule is Cc1cccc(-c2nnc(SCC(=O)NCCNc3ccc([N+](=O)[O-])cc3)o2)c1. The number of carbonyl (C=O) groups is 1. The van der Waals surface area contributed by atoms with E-state index in [2.05, 4.69) is 20.8 Å². The van der Waals surface area contributed by atoms with Crippen LogP contribution in [0.2, 0.25) is 0 Å². The quantitative estimate of drug-likeness (QED) is 0.237. The summed E-state index contributed by atoms with van der Waals surface area (Å²) in [5.74, 6) is 0.423. The number of thioether (sulfide) groups is 1. The zero-order valence-electron chi connectivity index (χ0n) is 15.6. The van der Waals surface area contributed by atoms with Gasteiger partial charge in [0.05, 0.1) is 10.7 Å². The average Bonchev–Trinajstić information content (AvgIpc) is 3.19. The summed E-state index contributed by atoms with van der Waals surface area (Å²) < 4.78 is 5.59. The van der Waals surface area contributed by atoms with Gasteiger partial charge in [-0.05, 0) is 31.2 Å². The number of benzene rings is 2. The van der Waals surface area contributed by atoms with Crippen LogP contribution in [0.5, 0.6) is 0 Å². The second-order valence-corrected chi connectivity index (χ2v) is 7.04. The summed E-state index contributed by atoms with van der Waals surface area (Å²) in [6.07, 6.45) is 0. The molecule has 3 aromatic rings.